The Bertz CT molecular complexity index is 141. The Labute approximate surface area is 78.5 Å². The molecule has 72 valence electrons. The summed E-state index contributed by atoms with van der Waals surface area (Å²) in [5, 5.41) is 0. The van der Waals surface area contributed by atoms with Crippen LogP contribution in [-0.2, 0) is 9.53 Å². The van der Waals surface area contributed by atoms with Crippen LogP contribution in [-0.4, -0.2) is 49.6 Å². The maximum Gasteiger partial charge on any atom is 0.248 e. The molecule has 4 heteroatoms. The van der Waals surface area contributed by atoms with Gasteiger partial charge in [0.15, 0.2) is 0 Å². The van der Waals surface area contributed by atoms with Gasteiger partial charge < -0.3 is 9.64 Å². The third kappa shape index (κ3) is 3.97. The summed E-state index contributed by atoms with van der Waals surface area (Å²) < 4.78 is 4.76. The maximum absolute atomic E-state index is 11.3. The Kier molecular flexibility index (Phi) is 6.20. The van der Waals surface area contributed by atoms with Gasteiger partial charge in [0, 0.05) is 26.0 Å². The normalized spacial score (nSPS) is 12.7. The molecule has 0 aliphatic rings. The van der Waals surface area contributed by atoms with Crippen molar-refractivity contribution in [2.45, 2.75) is 13.0 Å². The van der Waals surface area contributed by atoms with Crippen LogP contribution in [0.2, 0.25) is 0 Å². The predicted octanol–water partition coefficient (Wildman–Crippen LogP) is 0.843. The molecule has 0 aromatic rings. The molecule has 0 aromatic heterocycles. The van der Waals surface area contributed by atoms with E-state index in [-0.39, 0.29) is 18.6 Å². The van der Waals surface area contributed by atoms with Crippen molar-refractivity contribution in [1.29, 1.82) is 0 Å². The second-order valence-electron chi connectivity index (χ2n) is 2.74. The molecule has 0 spiro atoms. The van der Waals surface area contributed by atoms with Gasteiger partial charge in [0.2, 0.25) is 5.91 Å². The summed E-state index contributed by atoms with van der Waals surface area (Å²) in [6.45, 7) is 2.21. The van der Waals surface area contributed by atoms with E-state index in [0.717, 1.165) is 5.75 Å². The van der Waals surface area contributed by atoms with Gasteiger partial charge >= 0.3 is 0 Å². The lowest BCUT2D eigenvalue weighted by Gasteiger charge is -2.23. The number of carbonyl (C=O) groups excluding carboxylic acids is 1. The number of rotatable bonds is 5. The Morgan fingerprint density at radius 1 is 1.67 bits per heavy atom. The van der Waals surface area contributed by atoms with Gasteiger partial charge in [-0.25, -0.2) is 0 Å². The molecule has 0 radical (unpaired) electrons. The van der Waals surface area contributed by atoms with Crippen molar-refractivity contribution >= 4 is 17.7 Å². The first-order valence-electron chi connectivity index (χ1n) is 3.87. The molecule has 0 rings (SSSR count). The van der Waals surface area contributed by atoms with Crippen molar-refractivity contribution < 1.29 is 9.53 Å². The van der Waals surface area contributed by atoms with Gasteiger partial charge in [-0.2, -0.15) is 11.8 Å². The van der Waals surface area contributed by atoms with Gasteiger partial charge in [-0.3, -0.25) is 4.79 Å². The van der Waals surface area contributed by atoms with Gasteiger partial charge in [-0.1, -0.05) is 0 Å². The number of hydrogen-bond donors (Lipinski definition) is 0. The second-order valence-corrected chi connectivity index (χ2v) is 3.65. The molecule has 0 fully saturated rings. The summed E-state index contributed by atoms with van der Waals surface area (Å²) in [5.41, 5.74) is 0. The molecule has 0 aliphatic carbocycles. The molecule has 0 saturated carbocycles. The molecule has 0 N–H and O–H groups in total. The van der Waals surface area contributed by atoms with E-state index in [1.165, 1.54) is 7.11 Å². The van der Waals surface area contributed by atoms with E-state index in [1.54, 1.807) is 16.7 Å². The number of nitrogens with zero attached hydrogens (tertiary/aromatic N) is 1. The van der Waals surface area contributed by atoms with Crippen molar-refractivity contribution in [3.8, 4) is 0 Å². The summed E-state index contributed by atoms with van der Waals surface area (Å²) in [5.74, 6) is 1.01. The zero-order valence-electron chi connectivity index (χ0n) is 8.16. The van der Waals surface area contributed by atoms with E-state index in [9.17, 15) is 4.79 Å². The van der Waals surface area contributed by atoms with Crippen LogP contribution in [0.25, 0.3) is 0 Å². The minimum Gasteiger partial charge on any atom is -0.375 e. The standard InChI is InChI=1S/C8H17NO2S/c1-7(6-12-4)9(2)8(10)5-11-3/h7H,5-6H2,1-4H3. The first kappa shape index (κ1) is 11.8. The van der Waals surface area contributed by atoms with E-state index in [2.05, 4.69) is 0 Å². The highest BCUT2D eigenvalue weighted by atomic mass is 32.2. The molecule has 0 heterocycles. The molecule has 0 saturated heterocycles. The smallest absolute Gasteiger partial charge is 0.248 e. The van der Waals surface area contributed by atoms with Crippen LogP contribution in [0.4, 0.5) is 0 Å². The summed E-state index contributed by atoms with van der Waals surface area (Å²) in [6.07, 6.45) is 2.03. The van der Waals surface area contributed by atoms with E-state index in [1.807, 2.05) is 20.2 Å². The van der Waals surface area contributed by atoms with Crippen LogP contribution < -0.4 is 0 Å². The summed E-state index contributed by atoms with van der Waals surface area (Å²) >= 11 is 1.74. The zero-order chi connectivity index (χ0) is 9.56. The third-order valence-electron chi connectivity index (χ3n) is 1.73. The molecule has 0 bridgehead atoms. The average Bonchev–Trinajstić information content (AvgIpc) is 2.04. The number of ether oxygens (including phenoxy) is 1. The van der Waals surface area contributed by atoms with Crippen LogP contribution in [0.15, 0.2) is 0 Å². The molecule has 1 amide bonds. The highest BCUT2D eigenvalue weighted by molar-refractivity contribution is 7.98. The molecule has 0 aromatic carbocycles. The lowest BCUT2D eigenvalue weighted by atomic mass is 10.3. The maximum atomic E-state index is 11.3. The second kappa shape index (κ2) is 6.31. The fraction of sp³-hybridized carbons (Fsp3) is 0.875. The number of hydrogen-bond acceptors (Lipinski definition) is 3. The Balaban J connectivity index is 3.82. The van der Waals surface area contributed by atoms with Crippen LogP contribution >= 0.6 is 11.8 Å². The van der Waals surface area contributed by atoms with E-state index < -0.39 is 0 Å². The van der Waals surface area contributed by atoms with Gasteiger partial charge in [0.1, 0.15) is 6.61 Å². The molecule has 1 atom stereocenters. The lowest BCUT2D eigenvalue weighted by molar-refractivity contribution is -0.135. The van der Waals surface area contributed by atoms with Gasteiger partial charge in [0.25, 0.3) is 0 Å². The van der Waals surface area contributed by atoms with Crippen LogP contribution in [0, 0.1) is 0 Å². The number of amides is 1. The van der Waals surface area contributed by atoms with Crippen LogP contribution in [0.5, 0.6) is 0 Å². The summed E-state index contributed by atoms with van der Waals surface area (Å²) in [4.78, 5) is 13.0. The van der Waals surface area contributed by atoms with Gasteiger partial charge in [0.05, 0.1) is 0 Å². The summed E-state index contributed by atoms with van der Waals surface area (Å²) in [7, 11) is 3.34. The summed E-state index contributed by atoms with van der Waals surface area (Å²) in [6, 6.07) is 0.280. The quantitative estimate of drug-likeness (QED) is 0.645. The lowest BCUT2D eigenvalue weighted by Crippen LogP contribution is -2.38. The monoisotopic (exact) mass is 191 g/mol. The largest absolute Gasteiger partial charge is 0.375 e. The zero-order valence-corrected chi connectivity index (χ0v) is 8.98. The van der Waals surface area contributed by atoms with Crippen molar-refractivity contribution in [1.82, 2.24) is 4.90 Å². The minimum atomic E-state index is 0.0408. The van der Waals surface area contributed by atoms with Gasteiger partial charge in [-0.15, -0.1) is 0 Å². The SMILES string of the molecule is COCC(=O)N(C)C(C)CSC. The fourth-order valence-electron chi connectivity index (χ4n) is 0.824. The predicted molar refractivity (Wildman–Crippen MR) is 52.5 cm³/mol. The van der Waals surface area contributed by atoms with Crippen molar-refractivity contribution in [3.63, 3.8) is 0 Å². The molecule has 3 nitrogen and oxygen atoms in total. The van der Waals surface area contributed by atoms with Crippen molar-refractivity contribution in [2.75, 3.05) is 32.8 Å². The Morgan fingerprint density at radius 3 is 2.67 bits per heavy atom. The molecule has 1 unspecified atom stereocenters. The van der Waals surface area contributed by atoms with E-state index >= 15 is 0 Å². The number of thioether (sulfide) groups is 1. The molecule has 0 aliphatic heterocycles. The molecular weight excluding hydrogens is 174 g/mol. The minimum absolute atomic E-state index is 0.0408. The number of likely N-dealkylation sites (N-methyl/N-ethyl adjacent to an activating group) is 1. The third-order valence-corrected chi connectivity index (χ3v) is 2.55. The average molecular weight is 191 g/mol. The van der Waals surface area contributed by atoms with E-state index in [4.69, 9.17) is 4.74 Å². The van der Waals surface area contributed by atoms with Gasteiger partial charge in [-0.05, 0) is 13.2 Å². The van der Waals surface area contributed by atoms with Crippen LogP contribution in [0.3, 0.4) is 0 Å². The topological polar surface area (TPSA) is 29.5 Å². The highest BCUT2D eigenvalue weighted by Gasteiger charge is 2.13. The number of carbonyl (C=O) groups is 1. The Morgan fingerprint density at radius 2 is 2.25 bits per heavy atom. The van der Waals surface area contributed by atoms with Crippen molar-refractivity contribution in [3.05, 3.63) is 0 Å². The first-order chi connectivity index (χ1) is 5.63. The first-order valence-corrected chi connectivity index (χ1v) is 5.26. The van der Waals surface area contributed by atoms with Crippen molar-refractivity contribution in [2.24, 2.45) is 0 Å². The highest BCUT2D eigenvalue weighted by Crippen LogP contribution is 2.03. The van der Waals surface area contributed by atoms with E-state index in [0.29, 0.717) is 0 Å². The Hall–Kier alpha value is -0.220. The molecular formula is C8H17NO2S. The fourth-order valence-corrected chi connectivity index (χ4v) is 1.53. The van der Waals surface area contributed by atoms with Crippen LogP contribution in [0.1, 0.15) is 6.92 Å². The molecule has 12 heavy (non-hydrogen) atoms. The number of methoxy groups -OCH3 is 1.